The molecule has 0 aromatic heterocycles. The van der Waals surface area contributed by atoms with Crippen molar-refractivity contribution in [3.63, 3.8) is 0 Å². The molecule has 0 spiro atoms. The molecular formula is C24H18Cl2N2O3. The summed E-state index contributed by atoms with van der Waals surface area (Å²) < 4.78 is 5.38. The summed E-state index contributed by atoms with van der Waals surface area (Å²) in [6, 6.07) is 19.0. The van der Waals surface area contributed by atoms with Crippen molar-refractivity contribution >= 4 is 52.0 Å². The largest absolute Gasteiger partial charge is 0.495 e. The monoisotopic (exact) mass is 452 g/mol. The predicted octanol–water partition coefficient (Wildman–Crippen LogP) is 5.71. The van der Waals surface area contributed by atoms with Gasteiger partial charge in [0.1, 0.15) is 11.4 Å². The van der Waals surface area contributed by atoms with Gasteiger partial charge in [0.2, 0.25) is 0 Å². The summed E-state index contributed by atoms with van der Waals surface area (Å²) in [5.41, 5.74) is 2.93. The van der Waals surface area contributed by atoms with Crippen LogP contribution in [0, 0.1) is 6.92 Å². The quantitative estimate of drug-likeness (QED) is 0.503. The number of hydrogen-bond donors (Lipinski definition) is 1. The third-order valence-electron chi connectivity index (χ3n) is 4.93. The lowest BCUT2D eigenvalue weighted by molar-refractivity contribution is -0.120. The molecular weight excluding hydrogens is 435 g/mol. The van der Waals surface area contributed by atoms with Gasteiger partial charge in [-0.1, -0.05) is 53.0 Å². The van der Waals surface area contributed by atoms with Crippen LogP contribution in [0.2, 0.25) is 10.0 Å². The number of aryl methyl sites for hydroxylation is 1. The van der Waals surface area contributed by atoms with Gasteiger partial charge in [-0.25, -0.2) is 4.90 Å². The summed E-state index contributed by atoms with van der Waals surface area (Å²) >= 11 is 12.2. The number of benzene rings is 3. The molecule has 0 fully saturated rings. The van der Waals surface area contributed by atoms with E-state index in [0.717, 1.165) is 10.5 Å². The summed E-state index contributed by atoms with van der Waals surface area (Å²) in [5.74, 6) is -0.415. The normalized spacial score (nSPS) is 13.7. The lowest BCUT2D eigenvalue weighted by Crippen LogP contribution is -2.32. The highest BCUT2D eigenvalue weighted by molar-refractivity contribution is 6.46. The van der Waals surface area contributed by atoms with Crippen LogP contribution >= 0.6 is 23.2 Å². The first-order chi connectivity index (χ1) is 14.9. The van der Waals surface area contributed by atoms with Crippen LogP contribution in [-0.2, 0) is 9.59 Å². The third-order valence-corrected chi connectivity index (χ3v) is 5.42. The lowest BCUT2D eigenvalue weighted by Gasteiger charge is -2.16. The van der Waals surface area contributed by atoms with Gasteiger partial charge in [-0.3, -0.25) is 9.59 Å². The molecule has 0 bridgehead atoms. The van der Waals surface area contributed by atoms with E-state index in [4.69, 9.17) is 27.9 Å². The number of methoxy groups -OCH3 is 1. The number of hydrogen-bond acceptors (Lipinski definition) is 4. The van der Waals surface area contributed by atoms with E-state index in [2.05, 4.69) is 5.32 Å². The van der Waals surface area contributed by atoms with Crippen LogP contribution in [0.4, 0.5) is 11.4 Å². The van der Waals surface area contributed by atoms with E-state index in [1.54, 1.807) is 54.6 Å². The van der Waals surface area contributed by atoms with Gasteiger partial charge in [-0.2, -0.15) is 0 Å². The molecule has 0 radical (unpaired) electrons. The van der Waals surface area contributed by atoms with Crippen molar-refractivity contribution in [1.29, 1.82) is 0 Å². The molecule has 1 N–H and O–H groups in total. The SMILES string of the molecule is COc1ccc(Cl)cc1NC1=C(c2ccc(Cl)cc2)C(=O)N(c2ccc(C)cc2)C1=O. The molecule has 0 saturated carbocycles. The molecule has 0 aliphatic carbocycles. The first-order valence-electron chi connectivity index (χ1n) is 9.45. The highest BCUT2D eigenvalue weighted by atomic mass is 35.5. The average molecular weight is 453 g/mol. The summed E-state index contributed by atoms with van der Waals surface area (Å²) in [5, 5.41) is 4.07. The maximum atomic E-state index is 13.4. The summed E-state index contributed by atoms with van der Waals surface area (Å²) in [4.78, 5) is 28.0. The van der Waals surface area contributed by atoms with Crippen molar-refractivity contribution in [2.45, 2.75) is 6.92 Å². The van der Waals surface area contributed by atoms with Gasteiger partial charge in [0, 0.05) is 10.0 Å². The van der Waals surface area contributed by atoms with Crippen molar-refractivity contribution in [2.24, 2.45) is 0 Å². The fraction of sp³-hybridized carbons (Fsp3) is 0.0833. The van der Waals surface area contributed by atoms with Crippen LogP contribution in [0.5, 0.6) is 5.75 Å². The maximum absolute atomic E-state index is 13.4. The second-order valence-corrected chi connectivity index (χ2v) is 7.88. The van der Waals surface area contributed by atoms with Crippen molar-refractivity contribution in [2.75, 3.05) is 17.3 Å². The molecule has 1 aliphatic rings. The maximum Gasteiger partial charge on any atom is 0.282 e. The zero-order chi connectivity index (χ0) is 22.1. The average Bonchev–Trinajstić information content (AvgIpc) is 2.99. The van der Waals surface area contributed by atoms with Crippen molar-refractivity contribution in [3.05, 3.63) is 93.6 Å². The number of anilines is 2. The van der Waals surface area contributed by atoms with Gasteiger partial charge >= 0.3 is 0 Å². The van der Waals surface area contributed by atoms with E-state index in [1.807, 2.05) is 19.1 Å². The van der Waals surface area contributed by atoms with Gasteiger partial charge < -0.3 is 10.1 Å². The van der Waals surface area contributed by atoms with Crippen LogP contribution in [0.1, 0.15) is 11.1 Å². The molecule has 3 aromatic rings. The van der Waals surface area contributed by atoms with Crippen LogP contribution in [-0.4, -0.2) is 18.9 Å². The Morgan fingerprint density at radius 3 is 2.13 bits per heavy atom. The number of rotatable bonds is 5. The number of amides is 2. The van der Waals surface area contributed by atoms with Crippen molar-refractivity contribution in [3.8, 4) is 5.75 Å². The number of ether oxygens (including phenoxy) is 1. The Hall–Kier alpha value is -3.28. The molecule has 3 aromatic carbocycles. The zero-order valence-corrected chi connectivity index (χ0v) is 18.3. The molecule has 156 valence electrons. The number of imide groups is 1. The Balaban J connectivity index is 1.85. The molecule has 0 unspecified atom stereocenters. The fourth-order valence-electron chi connectivity index (χ4n) is 3.37. The Morgan fingerprint density at radius 2 is 1.48 bits per heavy atom. The van der Waals surface area contributed by atoms with Gasteiger partial charge in [-0.15, -0.1) is 0 Å². The molecule has 5 nitrogen and oxygen atoms in total. The van der Waals surface area contributed by atoms with E-state index in [1.165, 1.54) is 7.11 Å². The van der Waals surface area contributed by atoms with Gasteiger partial charge in [0.25, 0.3) is 11.8 Å². The summed E-state index contributed by atoms with van der Waals surface area (Å²) in [6.07, 6.45) is 0. The molecule has 7 heteroatoms. The molecule has 0 atom stereocenters. The first kappa shape index (κ1) is 21.0. The van der Waals surface area contributed by atoms with E-state index >= 15 is 0 Å². The number of nitrogens with zero attached hydrogens (tertiary/aromatic N) is 1. The molecule has 1 heterocycles. The second-order valence-electron chi connectivity index (χ2n) is 7.01. The van der Waals surface area contributed by atoms with E-state index < -0.39 is 11.8 Å². The highest BCUT2D eigenvalue weighted by Gasteiger charge is 2.40. The minimum atomic E-state index is -0.471. The molecule has 0 saturated heterocycles. The Bertz CT molecular complexity index is 1200. The minimum Gasteiger partial charge on any atom is -0.495 e. The fourth-order valence-corrected chi connectivity index (χ4v) is 3.67. The van der Waals surface area contributed by atoms with Crippen LogP contribution in [0.25, 0.3) is 5.57 Å². The topological polar surface area (TPSA) is 58.6 Å². The van der Waals surface area contributed by atoms with Crippen LogP contribution < -0.4 is 15.0 Å². The second kappa shape index (κ2) is 8.46. The first-order valence-corrected chi connectivity index (χ1v) is 10.2. The molecule has 1 aliphatic heterocycles. The van der Waals surface area contributed by atoms with E-state index in [0.29, 0.717) is 32.7 Å². The van der Waals surface area contributed by atoms with Gasteiger partial charge in [0.15, 0.2) is 0 Å². The smallest absolute Gasteiger partial charge is 0.282 e. The van der Waals surface area contributed by atoms with Gasteiger partial charge in [-0.05, 0) is 55.0 Å². The van der Waals surface area contributed by atoms with E-state index in [-0.39, 0.29) is 11.3 Å². The van der Waals surface area contributed by atoms with Crippen molar-refractivity contribution in [1.82, 2.24) is 0 Å². The molecule has 4 rings (SSSR count). The molecule has 2 amide bonds. The van der Waals surface area contributed by atoms with Crippen LogP contribution in [0.15, 0.2) is 72.4 Å². The minimum absolute atomic E-state index is 0.133. The van der Waals surface area contributed by atoms with Gasteiger partial charge in [0.05, 0.1) is 24.1 Å². The Kier molecular flexibility index (Phi) is 5.72. The van der Waals surface area contributed by atoms with Crippen LogP contribution in [0.3, 0.4) is 0 Å². The summed E-state index contributed by atoms with van der Waals surface area (Å²) in [6.45, 7) is 1.94. The Morgan fingerprint density at radius 1 is 0.839 bits per heavy atom. The number of carbonyl (C=O) groups excluding carboxylic acids is 2. The lowest BCUT2D eigenvalue weighted by atomic mass is 10.0. The Labute approximate surface area is 189 Å². The predicted molar refractivity (Wildman–Crippen MR) is 124 cm³/mol. The number of nitrogens with one attached hydrogen (secondary N) is 1. The van der Waals surface area contributed by atoms with E-state index in [9.17, 15) is 9.59 Å². The third kappa shape index (κ3) is 4.02. The number of halogens is 2. The summed E-state index contributed by atoms with van der Waals surface area (Å²) in [7, 11) is 1.52. The highest BCUT2D eigenvalue weighted by Crippen LogP contribution is 2.36. The number of carbonyl (C=O) groups is 2. The van der Waals surface area contributed by atoms with Crippen molar-refractivity contribution < 1.29 is 14.3 Å². The zero-order valence-electron chi connectivity index (χ0n) is 16.8. The standard InChI is InChI=1S/C24H18Cl2N2O3/c1-14-3-10-18(11-4-14)28-23(29)21(15-5-7-16(25)8-6-15)22(24(28)30)27-19-13-17(26)9-12-20(19)31-2/h3-13,27H,1-2H3. The molecule has 31 heavy (non-hydrogen) atoms.